The van der Waals surface area contributed by atoms with E-state index in [0.29, 0.717) is 15.8 Å². The molecule has 1 aliphatic rings. The Balaban J connectivity index is 2.04. The van der Waals surface area contributed by atoms with E-state index in [-0.39, 0.29) is 11.9 Å². The maximum Gasteiger partial charge on any atom is 0.254 e. The molecule has 0 spiro atoms. The Morgan fingerprint density at radius 1 is 1.59 bits per heavy atom. The summed E-state index contributed by atoms with van der Waals surface area (Å²) in [6.45, 7) is 0. The third-order valence-corrected chi connectivity index (χ3v) is 4.58. The second kappa shape index (κ2) is 5.74. The van der Waals surface area contributed by atoms with E-state index in [1.165, 1.54) is 19.0 Å². The molecule has 1 N–H and O–H groups in total. The molecule has 2 rings (SSSR count). The Hall–Kier alpha value is -0.740. The van der Waals surface area contributed by atoms with Crippen molar-refractivity contribution >= 4 is 29.3 Å². The minimum Gasteiger partial charge on any atom is -0.348 e. The van der Waals surface area contributed by atoms with Crippen LogP contribution in [0.4, 0.5) is 0 Å². The van der Waals surface area contributed by atoms with Gasteiger partial charge in [-0.2, -0.15) is 11.8 Å². The predicted molar refractivity (Wildman–Crippen MR) is 71.7 cm³/mol. The van der Waals surface area contributed by atoms with Gasteiger partial charge in [0.2, 0.25) is 0 Å². The van der Waals surface area contributed by atoms with E-state index in [0.717, 1.165) is 6.42 Å². The molecule has 3 nitrogen and oxygen atoms in total. The average molecular weight is 271 g/mol. The molecule has 5 heteroatoms. The smallest absolute Gasteiger partial charge is 0.254 e. The number of pyridine rings is 1. The lowest BCUT2D eigenvalue weighted by Gasteiger charge is -2.19. The molecule has 1 fully saturated rings. The highest BCUT2D eigenvalue weighted by atomic mass is 35.5. The number of carbonyl (C=O) groups is 1. The van der Waals surface area contributed by atoms with E-state index in [9.17, 15) is 4.79 Å². The Morgan fingerprint density at radius 3 is 3.12 bits per heavy atom. The van der Waals surface area contributed by atoms with Gasteiger partial charge in [0.1, 0.15) is 0 Å². The molecular formula is C12H15ClN2OS. The van der Waals surface area contributed by atoms with E-state index in [1.807, 2.05) is 11.8 Å². The van der Waals surface area contributed by atoms with Crippen LogP contribution in [-0.4, -0.2) is 28.4 Å². The number of hydrogen-bond donors (Lipinski definition) is 1. The molecule has 0 saturated heterocycles. The lowest BCUT2D eigenvalue weighted by atomic mass is 10.2. The highest BCUT2D eigenvalue weighted by Gasteiger charge is 2.28. The molecule has 1 saturated carbocycles. The molecule has 1 amide bonds. The summed E-state index contributed by atoms with van der Waals surface area (Å²) < 4.78 is 0. The fraction of sp³-hybridized carbons (Fsp3) is 0.500. The van der Waals surface area contributed by atoms with Crippen LogP contribution in [0.3, 0.4) is 0 Å². The van der Waals surface area contributed by atoms with Gasteiger partial charge in [-0.1, -0.05) is 18.0 Å². The molecule has 0 radical (unpaired) electrons. The van der Waals surface area contributed by atoms with Gasteiger partial charge in [-0.15, -0.1) is 0 Å². The van der Waals surface area contributed by atoms with Crippen LogP contribution in [0, 0.1) is 0 Å². The summed E-state index contributed by atoms with van der Waals surface area (Å²) in [6.07, 6.45) is 8.59. The first kappa shape index (κ1) is 12.7. The first-order valence-electron chi connectivity index (χ1n) is 5.65. The summed E-state index contributed by atoms with van der Waals surface area (Å²) in [4.78, 5) is 16.0. The zero-order chi connectivity index (χ0) is 12.3. The standard InChI is InChI=1S/C12H15ClN2OS/c1-17-11-4-2-3-10(11)15-12(16)8-7-14-6-5-9(8)13/h5-7,10-11H,2-4H2,1H3,(H,15,16). The van der Waals surface area contributed by atoms with Gasteiger partial charge in [-0.25, -0.2) is 0 Å². The van der Waals surface area contributed by atoms with E-state index in [4.69, 9.17) is 11.6 Å². The third kappa shape index (κ3) is 2.93. The number of nitrogens with one attached hydrogen (secondary N) is 1. The van der Waals surface area contributed by atoms with Gasteiger partial charge in [0.05, 0.1) is 10.6 Å². The normalized spacial score (nSPS) is 23.6. The zero-order valence-corrected chi connectivity index (χ0v) is 11.2. The van der Waals surface area contributed by atoms with Crippen molar-refractivity contribution in [2.24, 2.45) is 0 Å². The second-order valence-corrected chi connectivity index (χ2v) is 5.62. The SMILES string of the molecule is CSC1CCCC1NC(=O)c1cnccc1Cl. The molecule has 1 heterocycles. The predicted octanol–water partition coefficient (Wildman–Crippen LogP) is 2.75. The molecule has 0 aromatic carbocycles. The van der Waals surface area contributed by atoms with Crippen LogP contribution in [0.5, 0.6) is 0 Å². The topological polar surface area (TPSA) is 42.0 Å². The summed E-state index contributed by atoms with van der Waals surface area (Å²) in [5.41, 5.74) is 0.459. The number of amides is 1. The van der Waals surface area contributed by atoms with Crippen LogP contribution in [-0.2, 0) is 0 Å². The van der Waals surface area contributed by atoms with Crippen LogP contribution in [0.25, 0.3) is 0 Å². The maximum absolute atomic E-state index is 12.0. The Morgan fingerprint density at radius 2 is 2.41 bits per heavy atom. The zero-order valence-electron chi connectivity index (χ0n) is 9.65. The molecule has 1 aliphatic carbocycles. The summed E-state index contributed by atoms with van der Waals surface area (Å²) in [5, 5.41) is 4.03. The van der Waals surface area contributed by atoms with Gasteiger partial charge in [-0.05, 0) is 25.2 Å². The lowest BCUT2D eigenvalue weighted by Crippen LogP contribution is -2.38. The van der Waals surface area contributed by atoms with Crippen LogP contribution in [0.1, 0.15) is 29.6 Å². The highest BCUT2D eigenvalue weighted by molar-refractivity contribution is 7.99. The van der Waals surface area contributed by atoms with E-state index < -0.39 is 0 Å². The van der Waals surface area contributed by atoms with Crippen molar-refractivity contribution in [1.82, 2.24) is 10.3 Å². The fourth-order valence-corrected chi connectivity index (χ4v) is 3.29. The molecule has 2 atom stereocenters. The Labute approximate surface area is 110 Å². The van der Waals surface area contributed by atoms with Crippen LogP contribution >= 0.6 is 23.4 Å². The molecular weight excluding hydrogens is 256 g/mol. The van der Waals surface area contributed by atoms with Gasteiger partial charge in [-0.3, -0.25) is 9.78 Å². The third-order valence-electron chi connectivity index (χ3n) is 3.08. The van der Waals surface area contributed by atoms with Gasteiger partial charge < -0.3 is 5.32 Å². The maximum atomic E-state index is 12.0. The monoisotopic (exact) mass is 270 g/mol. The number of hydrogen-bond acceptors (Lipinski definition) is 3. The molecule has 0 aliphatic heterocycles. The highest BCUT2D eigenvalue weighted by Crippen LogP contribution is 2.28. The minimum atomic E-state index is -0.117. The fourth-order valence-electron chi connectivity index (χ4n) is 2.16. The Bertz CT molecular complexity index is 413. The first-order chi connectivity index (χ1) is 8.22. The number of nitrogens with zero attached hydrogens (tertiary/aromatic N) is 1. The molecule has 17 heavy (non-hydrogen) atoms. The molecule has 2 unspecified atom stereocenters. The Kier molecular flexibility index (Phi) is 4.29. The van der Waals surface area contributed by atoms with Gasteiger partial charge in [0.25, 0.3) is 5.91 Å². The van der Waals surface area contributed by atoms with E-state index in [2.05, 4.69) is 16.6 Å². The van der Waals surface area contributed by atoms with Crippen molar-refractivity contribution in [3.63, 3.8) is 0 Å². The van der Waals surface area contributed by atoms with Crippen molar-refractivity contribution < 1.29 is 4.79 Å². The van der Waals surface area contributed by atoms with E-state index >= 15 is 0 Å². The number of rotatable bonds is 3. The van der Waals surface area contributed by atoms with Crippen molar-refractivity contribution in [2.45, 2.75) is 30.6 Å². The van der Waals surface area contributed by atoms with Gasteiger partial charge in [0.15, 0.2) is 0 Å². The van der Waals surface area contributed by atoms with Crippen LogP contribution in [0.15, 0.2) is 18.5 Å². The average Bonchev–Trinajstić information content (AvgIpc) is 2.76. The number of thioether (sulfide) groups is 1. The minimum absolute atomic E-state index is 0.117. The number of halogens is 1. The molecule has 92 valence electrons. The number of carbonyl (C=O) groups excluding carboxylic acids is 1. The summed E-state index contributed by atoms with van der Waals surface area (Å²) in [7, 11) is 0. The lowest BCUT2D eigenvalue weighted by molar-refractivity contribution is 0.0938. The van der Waals surface area contributed by atoms with Crippen molar-refractivity contribution in [1.29, 1.82) is 0 Å². The molecule has 0 bridgehead atoms. The largest absolute Gasteiger partial charge is 0.348 e. The summed E-state index contributed by atoms with van der Waals surface area (Å²) in [5.74, 6) is -0.117. The first-order valence-corrected chi connectivity index (χ1v) is 7.32. The summed E-state index contributed by atoms with van der Waals surface area (Å²) in [6, 6.07) is 1.89. The molecule has 1 aromatic rings. The quantitative estimate of drug-likeness (QED) is 0.918. The van der Waals surface area contributed by atoms with Crippen molar-refractivity contribution in [2.75, 3.05) is 6.26 Å². The van der Waals surface area contributed by atoms with Crippen LogP contribution in [0.2, 0.25) is 5.02 Å². The van der Waals surface area contributed by atoms with Crippen molar-refractivity contribution in [3.05, 3.63) is 29.0 Å². The van der Waals surface area contributed by atoms with Gasteiger partial charge >= 0.3 is 0 Å². The second-order valence-electron chi connectivity index (χ2n) is 4.14. The van der Waals surface area contributed by atoms with Crippen LogP contribution < -0.4 is 5.32 Å². The molecule has 1 aromatic heterocycles. The number of aromatic nitrogens is 1. The van der Waals surface area contributed by atoms with E-state index in [1.54, 1.807) is 12.3 Å². The van der Waals surface area contributed by atoms with Gasteiger partial charge in [0, 0.05) is 23.7 Å². The summed E-state index contributed by atoms with van der Waals surface area (Å²) >= 11 is 7.79. The van der Waals surface area contributed by atoms with Crippen molar-refractivity contribution in [3.8, 4) is 0 Å².